The molecule has 0 bridgehead atoms. The minimum Gasteiger partial charge on any atom is -0.487 e. The second-order valence-corrected chi connectivity index (χ2v) is 4.39. The second-order valence-electron chi connectivity index (χ2n) is 4.39. The van der Waals surface area contributed by atoms with Crippen molar-refractivity contribution in [1.29, 1.82) is 0 Å². The lowest BCUT2D eigenvalue weighted by Crippen LogP contribution is -2.30. The fraction of sp³-hybridized carbons (Fsp3) is 0.500. The van der Waals surface area contributed by atoms with Crippen molar-refractivity contribution in [2.75, 3.05) is 0 Å². The van der Waals surface area contributed by atoms with Gasteiger partial charge in [0, 0.05) is 11.8 Å². The van der Waals surface area contributed by atoms with Crippen molar-refractivity contribution in [3.05, 3.63) is 34.4 Å². The van der Waals surface area contributed by atoms with E-state index < -0.39 is 16.9 Å². The molecule has 1 aromatic carbocycles. The Morgan fingerprint density at radius 1 is 1.25 bits per heavy atom. The third-order valence-corrected chi connectivity index (χ3v) is 2.92. The maximum Gasteiger partial charge on any atom is 0.386 e. The third-order valence-electron chi connectivity index (χ3n) is 2.92. The Bertz CT molecular complexity index is 470. The van der Waals surface area contributed by atoms with Crippen molar-refractivity contribution in [3.8, 4) is 11.5 Å². The van der Waals surface area contributed by atoms with E-state index in [4.69, 9.17) is 9.47 Å². The number of carbonyl (C=O) groups excluding carboxylic acids is 1. The minimum atomic E-state index is -1.41. The van der Waals surface area contributed by atoms with Gasteiger partial charge in [-0.15, -0.1) is 0 Å². The lowest BCUT2D eigenvalue weighted by Gasteiger charge is -2.18. The number of hydrogen-bond donors (Lipinski definition) is 0. The SMILES string of the molecule is CCC(CC)Oc1ccccc1OC(=O)C(C)[N+](=O)[O-]. The fourth-order valence-corrected chi connectivity index (χ4v) is 1.55. The Balaban J connectivity index is 2.85. The highest BCUT2D eigenvalue weighted by Gasteiger charge is 2.27. The smallest absolute Gasteiger partial charge is 0.386 e. The van der Waals surface area contributed by atoms with Crippen LogP contribution in [-0.2, 0) is 4.79 Å². The maximum atomic E-state index is 11.6. The van der Waals surface area contributed by atoms with Gasteiger partial charge < -0.3 is 9.47 Å². The van der Waals surface area contributed by atoms with Crippen LogP contribution in [0.1, 0.15) is 33.6 Å². The molecule has 1 aromatic rings. The maximum absolute atomic E-state index is 11.6. The van der Waals surface area contributed by atoms with E-state index in [0.717, 1.165) is 12.8 Å². The summed E-state index contributed by atoms with van der Waals surface area (Å²) in [4.78, 5) is 21.5. The molecule has 0 saturated carbocycles. The Morgan fingerprint density at radius 3 is 2.30 bits per heavy atom. The summed E-state index contributed by atoms with van der Waals surface area (Å²) in [6.07, 6.45) is 1.66. The van der Waals surface area contributed by atoms with E-state index in [1.54, 1.807) is 24.3 Å². The number of hydrogen-bond acceptors (Lipinski definition) is 5. The summed E-state index contributed by atoms with van der Waals surface area (Å²) in [6, 6.07) is 5.27. The molecule has 1 atom stereocenters. The molecule has 0 saturated heterocycles. The van der Waals surface area contributed by atoms with Crippen molar-refractivity contribution < 1.29 is 19.2 Å². The van der Waals surface area contributed by atoms with E-state index in [2.05, 4.69) is 0 Å². The number of carbonyl (C=O) groups is 1. The number of esters is 1. The number of nitrogens with zero attached hydrogens (tertiary/aromatic N) is 1. The van der Waals surface area contributed by atoms with E-state index in [0.29, 0.717) is 5.75 Å². The first-order valence-electron chi connectivity index (χ1n) is 6.60. The van der Waals surface area contributed by atoms with E-state index in [9.17, 15) is 14.9 Å². The lowest BCUT2D eigenvalue weighted by atomic mass is 10.2. The van der Waals surface area contributed by atoms with Gasteiger partial charge in [0.25, 0.3) is 0 Å². The fourth-order valence-electron chi connectivity index (χ4n) is 1.55. The molecule has 1 unspecified atom stereocenters. The number of nitro groups is 1. The summed E-state index contributed by atoms with van der Waals surface area (Å²) in [7, 11) is 0. The van der Waals surface area contributed by atoms with E-state index in [1.165, 1.54) is 6.92 Å². The van der Waals surface area contributed by atoms with Gasteiger partial charge in [-0.25, -0.2) is 4.79 Å². The van der Waals surface area contributed by atoms with Gasteiger partial charge in [-0.05, 0) is 25.0 Å². The summed E-state index contributed by atoms with van der Waals surface area (Å²) in [5.74, 6) is -0.279. The summed E-state index contributed by atoms with van der Waals surface area (Å²) in [5, 5.41) is 10.6. The van der Waals surface area contributed by atoms with Crippen LogP contribution in [0.3, 0.4) is 0 Å². The van der Waals surface area contributed by atoms with Crippen molar-refractivity contribution >= 4 is 5.97 Å². The molecule has 0 radical (unpaired) electrons. The van der Waals surface area contributed by atoms with Gasteiger partial charge >= 0.3 is 12.0 Å². The van der Waals surface area contributed by atoms with Crippen molar-refractivity contribution in [1.82, 2.24) is 0 Å². The molecule has 6 heteroatoms. The third kappa shape index (κ3) is 4.22. The zero-order valence-electron chi connectivity index (χ0n) is 11.9. The predicted octanol–water partition coefficient (Wildman–Crippen LogP) is 2.82. The molecule has 6 nitrogen and oxygen atoms in total. The topological polar surface area (TPSA) is 78.7 Å². The normalized spacial score (nSPS) is 12.0. The minimum absolute atomic E-state index is 0.0165. The summed E-state index contributed by atoms with van der Waals surface area (Å²) < 4.78 is 10.8. The van der Waals surface area contributed by atoms with Gasteiger partial charge in [-0.2, -0.15) is 0 Å². The lowest BCUT2D eigenvalue weighted by molar-refractivity contribution is -0.505. The zero-order valence-corrected chi connectivity index (χ0v) is 11.9. The van der Waals surface area contributed by atoms with Crippen LogP contribution in [-0.4, -0.2) is 23.0 Å². The van der Waals surface area contributed by atoms with Crippen molar-refractivity contribution in [3.63, 3.8) is 0 Å². The van der Waals surface area contributed by atoms with Crippen LogP contribution < -0.4 is 9.47 Å². The Labute approximate surface area is 117 Å². The van der Waals surface area contributed by atoms with Gasteiger partial charge in [-0.1, -0.05) is 26.0 Å². The van der Waals surface area contributed by atoms with E-state index in [-0.39, 0.29) is 11.9 Å². The molecule has 0 N–H and O–H groups in total. The highest BCUT2D eigenvalue weighted by molar-refractivity contribution is 5.77. The predicted molar refractivity (Wildman–Crippen MR) is 73.5 cm³/mol. The van der Waals surface area contributed by atoms with Gasteiger partial charge in [0.1, 0.15) is 0 Å². The molecule has 1 rings (SSSR count). The number of rotatable bonds is 7. The molecule has 0 spiro atoms. The standard InChI is InChI=1S/C14H19NO5/c1-4-11(5-2)19-12-8-6-7-9-13(12)20-14(16)10(3)15(17)18/h6-11H,4-5H2,1-3H3. The van der Waals surface area contributed by atoms with E-state index in [1.807, 2.05) is 13.8 Å². The quantitative estimate of drug-likeness (QED) is 0.332. The summed E-state index contributed by atoms with van der Waals surface area (Å²) in [5.41, 5.74) is 0. The van der Waals surface area contributed by atoms with Crippen molar-refractivity contribution in [2.45, 2.75) is 45.8 Å². The Morgan fingerprint density at radius 2 is 1.80 bits per heavy atom. The molecule has 0 fully saturated rings. The first-order chi connectivity index (χ1) is 9.49. The first-order valence-corrected chi connectivity index (χ1v) is 6.60. The highest BCUT2D eigenvalue weighted by atomic mass is 16.6. The van der Waals surface area contributed by atoms with Crippen LogP contribution >= 0.6 is 0 Å². The van der Waals surface area contributed by atoms with Gasteiger partial charge in [0.2, 0.25) is 0 Å². The van der Waals surface area contributed by atoms with Crippen LogP contribution in [0.4, 0.5) is 0 Å². The molecular formula is C14H19NO5. The molecule has 0 amide bonds. The molecule has 0 aliphatic rings. The monoisotopic (exact) mass is 281 g/mol. The van der Waals surface area contributed by atoms with Crippen LogP contribution in [0.5, 0.6) is 11.5 Å². The van der Waals surface area contributed by atoms with Crippen LogP contribution in [0.25, 0.3) is 0 Å². The Kier molecular flexibility index (Phi) is 5.96. The molecule has 0 aliphatic heterocycles. The molecule has 0 heterocycles. The van der Waals surface area contributed by atoms with Crippen molar-refractivity contribution in [2.24, 2.45) is 0 Å². The first kappa shape index (κ1) is 15.9. The van der Waals surface area contributed by atoms with Crippen LogP contribution in [0.2, 0.25) is 0 Å². The zero-order chi connectivity index (χ0) is 15.1. The van der Waals surface area contributed by atoms with E-state index >= 15 is 0 Å². The van der Waals surface area contributed by atoms with Crippen LogP contribution in [0, 0.1) is 10.1 Å². The van der Waals surface area contributed by atoms with Crippen LogP contribution in [0.15, 0.2) is 24.3 Å². The molecule has 20 heavy (non-hydrogen) atoms. The van der Waals surface area contributed by atoms with Gasteiger partial charge in [0.15, 0.2) is 11.5 Å². The largest absolute Gasteiger partial charge is 0.487 e. The highest BCUT2D eigenvalue weighted by Crippen LogP contribution is 2.28. The molecule has 110 valence electrons. The number of para-hydroxylation sites is 2. The average molecular weight is 281 g/mol. The molecular weight excluding hydrogens is 262 g/mol. The number of ether oxygens (including phenoxy) is 2. The van der Waals surface area contributed by atoms with Gasteiger partial charge in [0.05, 0.1) is 6.10 Å². The average Bonchev–Trinajstić information content (AvgIpc) is 2.45. The van der Waals surface area contributed by atoms with Gasteiger partial charge in [-0.3, -0.25) is 10.1 Å². The molecule has 0 aliphatic carbocycles. The summed E-state index contributed by atoms with van der Waals surface area (Å²) in [6.45, 7) is 5.18. The second kappa shape index (κ2) is 7.47. The number of benzene rings is 1. The Hall–Kier alpha value is -2.11. The summed E-state index contributed by atoms with van der Waals surface area (Å²) >= 11 is 0. The molecule has 0 aromatic heterocycles.